The molecule has 0 unspecified atom stereocenters. The van der Waals surface area contributed by atoms with Crippen LogP contribution in [0, 0.1) is 36.5 Å². The van der Waals surface area contributed by atoms with E-state index in [2.05, 4.69) is 34.3 Å². The minimum Gasteiger partial charge on any atom is -0.456 e. The number of nitrogens with zero attached hydrogens (tertiary/aromatic N) is 4. The van der Waals surface area contributed by atoms with Gasteiger partial charge in [-0.1, -0.05) is 0 Å². The molecule has 0 spiro atoms. The van der Waals surface area contributed by atoms with E-state index >= 15 is 0 Å². The fourth-order valence-electron chi connectivity index (χ4n) is 4.29. The average molecular weight is 467 g/mol. The largest absolute Gasteiger partial charge is 0.456 e. The number of hydrogen-bond donors (Lipinski definition) is 2. The van der Waals surface area contributed by atoms with Gasteiger partial charge in [0.15, 0.2) is 0 Å². The number of rotatable bonds is 6. The molecule has 1 fully saturated rings. The third kappa shape index (κ3) is 5.73. The number of piperazine rings is 1. The van der Waals surface area contributed by atoms with Crippen molar-refractivity contribution in [2.45, 2.75) is 20.4 Å². The second kappa shape index (κ2) is 10.5. The molecular formula is C28H30N6O. The number of nitrogens with one attached hydrogen (secondary N) is 1. The zero-order valence-electron chi connectivity index (χ0n) is 20.4. The fourth-order valence-corrected chi connectivity index (χ4v) is 4.29. The Morgan fingerprint density at radius 3 is 2.14 bits per heavy atom. The van der Waals surface area contributed by atoms with Crippen molar-refractivity contribution in [2.75, 3.05) is 44.3 Å². The van der Waals surface area contributed by atoms with Crippen LogP contribution in [0.15, 0.2) is 48.5 Å². The van der Waals surface area contributed by atoms with E-state index in [0.717, 1.165) is 72.3 Å². The predicted molar refractivity (Wildman–Crippen MR) is 139 cm³/mol. The second-order valence-electron chi connectivity index (χ2n) is 9.09. The summed E-state index contributed by atoms with van der Waals surface area (Å²) in [4.78, 5) is 4.74. The zero-order valence-corrected chi connectivity index (χ0v) is 20.4. The van der Waals surface area contributed by atoms with Crippen molar-refractivity contribution in [3.05, 3.63) is 76.3 Å². The van der Waals surface area contributed by atoms with E-state index in [0.29, 0.717) is 16.8 Å². The van der Waals surface area contributed by atoms with Crippen molar-refractivity contribution in [3.8, 4) is 23.6 Å². The summed E-state index contributed by atoms with van der Waals surface area (Å²) in [6, 6.07) is 19.2. The Bertz CT molecular complexity index is 1270. The van der Waals surface area contributed by atoms with Crippen LogP contribution >= 0.6 is 0 Å². The third-order valence-corrected chi connectivity index (χ3v) is 6.32. The molecular weight excluding hydrogens is 436 g/mol. The van der Waals surface area contributed by atoms with Crippen LogP contribution in [0.25, 0.3) is 0 Å². The first kappa shape index (κ1) is 24.1. The van der Waals surface area contributed by atoms with E-state index in [-0.39, 0.29) is 0 Å². The van der Waals surface area contributed by atoms with E-state index in [1.54, 1.807) is 12.1 Å². The summed E-state index contributed by atoms with van der Waals surface area (Å²) in [5.74, 6) is 1.47. The summed E-state index contributed by atoms with van der Waals surface area (Å²) < 4.78 is 6.52. The molecule has 178 valence electrons. The highest BCUT2D eigenvalue weighted by Crippen LogP contribution is 2.37. The number of benzene rings is 3. The monoisotopic (exact) mass is 466 g/mol. The zero-order chi connectivity index (χ0) is 24.9. The van der Waals surface area contributed by atoms with Gasteiger partial charge in [0.05, 0.1) is 34.6 Å². The molecule has 3 aromatic rings. The Morgan fingerprint density at radius 1 is 0.914 bits per heavy atom. The molecule has 0 saturated carbocycles. The molecule has 1 aliphatic heterocycles. The molecule has 0 aromatic heterocycles. The van der Waals surface area contributed by atoms with Gasteiger partial charge in [-0.15, -0.1) is 0 Å². The number of aryl methyl sites for hydroxylation is 2. The molecule has 0 aliphatic carbocycles. The molecule has 3 N–H and O–H groups in total. The van der Waals surface area contributed by atoms with Crippen LogP contribution in [0.3, 0.4) is 0 Å². The van der Waals surface area contributed by atoms with Gasteiger partial charge in [-0.05, 0) is 74.5 Å². The maximum atomic E-state index is 9.31. The average Bonchev–Trinajstić information content (AvgIpc) is 2.85. The summed E-state index contributed by atoms with van der Waals surface area (Å²) in [5.41, 5.74) is 12.7. The van der Waals surface area contributed by atoms with E-state index in [1.807, 2.05) is 50.2 Å². The summed E-state index contributed by atoms with van der Waals surface area (Å²) >= 11 is 0. The van der Waals surface area contributed by atoms with Gasteiger partial charge in [-0.2, -0.15) is 10.5 Å². The molecule has 0 atom stereocenters. The molecule has 7 nitrogen and oxygen atoms in total. The molecule has 35 heavy (non-hydrogen) atoms. The number of nitriles is 2. The Hall–Kier alpha value is -4.04. The Morgan fingerprint density at radius 2 is 1.54 bits per heavy atom. The van der Waals surface area contributed by atoms with E-state index in [1.165, 1.54) is 0 Å². The lowest BCUT2D eigenvalue weighted by molar-refractivity contribution is 0.147. The van der Waals surface area contributed by atoms with Crippen LogP contribution in [0.1, 0.15) is 27.8 Å². The number of likely N-dealkylation sites (N-methyl/N-ethyl adjacent to an activating group) is 1. The molecule has 1 heterocycles. The van der Waals surface area contributed by atoms with E-state index in [9.17, 15) is 5.26 Å². The number of nitrogens with two attached hydrogens (primary N) is 1. The molecule has 1 aliphatic rings. The summed E-state index contributed by atoms with van der Waals surface area (Å²) in [6.07, 6.45) is 0. The van der Waals surface area contributed by atoms with Crippen LogP contribution in [0.2, 0.25) is 0 Å². The summed E-state index contributed by atoms with van der Waals surface area (Å²) in [7, 11) is 2.14. The van der Waals surface area contributed by atoms with Crippen LogP contribution < -0.4 is 15.8 Å². The fraction of sp³-hybridized carbons (Fsp3) is 0.286. The number of nitrogen functional groups attached to an aromatic ring is 1. The standard InChI is InChI=1S/C28H30N6O/c1-19-12-22(17-30)13-20(2)28(19)35-27-15-26(32-24-6-4-21(16-29)5-7-24)25(31)14-23(27)18-34-10-8-33(3)9-11-34/h4-7,12-15,32H,8-11,18,31H2,1-3H3. The predicted octanol–water partition coefficient (Wildman–Crippen LogP) is 4.91. The molecule has 0 amide bonds. The Labute approximate surface area is 206 Å². The van der Waals surface area contributed by atoms with Gasteiger partial charge < -0.3 is 20.7 Å². The van der Waals surface area contributed by atoms with Crippen LogP contribution in [-0.2, 0) is 6.54 Å². The van der Waals surface area contributed by atoms with Gasteiger partial charge in [-0.25, -0.2) is 0 Å². The van der Waals surface area contributed by atoms with Crippen molar-refractivity contribution in [3.63, 3.8) is 0 Å². The molecule has 4 rings (SSSR count). The second-order valence-corrected chi connectivity index (χ2v) is 9.09. The molecule has 0 radical (unpaired) electrons. The first-order chi connectivity index (χ1) is 16.9. The summed E-state index contributed by atoms with van der Waals surface area (Å²) in [5, 5.41) is 21.7. The first-order valence-electron chi connectivity index (χ1n) is 11.7. The van der Waals surface area contributed by atoms with Crippen molar-refractivity contribution in [1.82, 2.24) is 9.80 Å². The van der Waals surface area contributed by atoms with E-state index < -0.39 is 0 Å². The van der Waals surface area contributed by atoms with Gasteiger partial charge >= 0.3 is 0 Å². The molecule has 3 aromatic carbocycles. The van der Waals surface area contributed by atoms with Gasteiger partial charge in [0.2, 0.25) is 0 Å². The SMILES string of the molecule is Cc1cc(C#N)cc(C)c1Oc1cc(Nc2ccc(C#N)cc2)c(N)cc1CN1CCN(C)CC1. The van der Waals surface area contributed by atoms with Crippen molar-refractivity contribution < 1.29 is 4.74 Å². The highest BCUT2D eigenvalue weighted by atomic mass is 16.5. The third-order valence-electron chi connectivity index (χ3n) is 6.32. The smallest absolute Gasteiger partial charge is 0.134 e. The van der Waals surface area contributed by atoms with Crippen LogP contribution in [0.4, 0.5) is 17.1 Å². The Balaban J connectivity index is 1.69. The van der Waals surface area contributed by atoms with Gasteiger partial charge in [0.25, 0.3) is 0 Å². The highest BCUT2D eigenvalue weighted by Gasteiger charge is 2.19. The van der Waals surface area contributed by atoms with Crippen LogP contribution in [-0.4, -0.2) is 43.0 Å². The highest BCUT2D eigenvalue weighted by molar-refractivity contribution is 5.76. The van der Waals surface area contributed by atoms with Gasteiger partial charge in [0.1, 0.15) is 11.5 Å². The maximum absolute atomic E-state index is 9.31. The summed E-state index contributed by atoms with van der Waals surface area (Å²) in [6.45, 7) is 8.66. The van der Waals surface area contributed by atoms with Crippen molar-refractivity contribution in [2.24, 2.45) is 0 Å². The van der Waals surface area contributed by atoms with Crippen molar-refractivity contribution in [1.29, 1.82) is 10.5 Å². The quantitative estimate of drug-likeness (QED) is 0.498. The van der Waals surface area contributed by atoms with Gasteiger partial charge in [0, 0.05) is 50.0 Å². The number of hydrogen-bond acceptors (Lipinski definition) is 7. The molecule has 1 saturated heterocycles. The first-order valence-corrected chi connectivity index (χ1v) is 11.7. The molecule has 0 bridgehead atoms. The van der Waals surface area contributed by atoms with Crippen molar-refractivity contribution >= 4 is 17.1 Å². The van der Waals surface area contributed by atoms with Gasteiger partial charge in [-0.3, -0.25) is 4.90 Å². The number of ether oxygens (including phenoxy) is 1. The molecule has 7 heteroatoms. The topological polar surface area (TPSA) is 101 Å². The van der Waals surface area contributed by atoms with E-state index in [4.69, 9.17) is 15.7 Å². The lowest BCUT2D eigenvalue weighted by Crippen LogP contribution is -2.43. The minimum absolute atomic E-state index is 0.599. The minimum atomic E-state index is 0.599. The Kier molecular flexibility index (Phi) is 7.22. The maximum Gasteiger partial charge on any atom is 0.134 e. The number of anilines is 3. The lowest BCUT2D eigenvalue weighted by Gasteiger charge is -2.33. The van der Waals surface area contributed by atoms with Crippen LogP contribution in [0.5, 0.6) is 11.5 Å². The normalized spacial score (nSPS) is 14.2. The lowest BCUT2D eigenvalue weighted by atomic mass is 10.1.